The number of ether oxygens (including phenoxy) is 3. The van der Waals surface area contributed by atoms with Crippen molar-refractivity contribution in [3.05, 3.63) is 108 Å². The number of halogens is 1. The number of aliphatic hydroxyl groups excluding tert-OH is 2. The van der Waals surface area contributed by atoms with E-state index in [4.69, 9.17) is 24.2 Å². The van der Waals surface area contributed by atoms with E-state index in [9.17, 15) is 14.6 Å². The van der Waals surface area contributed by atoms with E-state index in [1.54, 1.807) is 30.0 Å². The van der Waals surface area contributed by atoms with Crippen LogP contribution >= 0.6 is 11.8 Å². The van der Waals surface area contributed by atoms with E-state index < -0.39 is 23.3 Å². The first-order valence-electron chi connectivity index (χ1n) is 25.6. The summed E-state index contributed by atoms with van der Waals surface area (Å²) in [7, 11) is 0. The molecule has 11 heteroatoms. The number of nitrogens with zero attached hydrogens (tertiary/aromatic N) is 2. The number of allylic oxidation sites excluding steroid dienone is 1. The Labute approximate surface area is 410 Å². The van der Waals surface area contributed by atoms with Gasteiger partial charge in [0.25, 0.3) is 0 Å². The lowest BCUT2D eigenvalue weighted by Crippen LogP contribution is -2.70. The highest BCUT2D eigenvalue weighted by atomic mass is 32.2. The van der Waals surface area contributed by atoms with Gasteiger partial charge < -0.3 is 34.2 Å². The number of unbranched alkanes of at least 4 members (excludes halogenated alkanes) is 10. The van der Waals surface area contributed by atoms with Gasteiger partial charge in [-0.1, -0.05) is 101 Å². The molecule has 3 aliphatic rings. The molecule has 0 bridgehead atoms. The van der Waals surface area contributed by atoms with Crippen molar-refractivity contribution in [2.24, 2.45) is 22.9 Å². The Balaban J connectivity index is 1.52. The highest BCUT2D eigenvalue weighted by Crippen LogP contribution is 2.62. The average molecular weight is 955 g/mol. The van der Waals surface area contributed by atoms with Crippen molar-refractivity contribution in [1.82, 2.24) is 4.90 Å². The molecule has 1 fully saturated rings. The Bertz CT molecular complexity index is 2100. The Morgan fingerprint density at radius 2 is 1.56 bits per heavy atom. The summed E-state index contributed by atoms with van der Waals surface area (Å²) in [6, 6.07) is 19.8. The molecule has 0 saturated heterocycles. The molecule has 0 aromatic heterocycles. The first kappa shape index (κ1) is 53.2. The molecule has 68 heavy (non-hydrogen) atoms. The molecular formula is C57H79FN2O7S. The van der Waals surface area contributed by atoms with Gasteiger partial charge in [0.15, 0.2) is 0 Å². The van der Waals surface area contributed by atoms with Crippen LogP contribution in [0.15, 0.2) is 101 Å². The van der Waals surface area contributed by atoms with Crippen molar-refractivity contribution in [1.29, 1.82) is 0 Å². The smallest absolute Gasteiger partial charge is 0.239 e. The van der Waals surface area contributed by atoms with Gasteiger partial charge in [0.05, 0.1) is 18.2 Å². The van der Waals surface area contributed by atoms with Gasteiger partial charge >= 0.3 is 0 Å². The summed E-state index contributed by atoms with van der Waals surface area (Å²) in [5.74, 6) is -0.226. The molecule has 2 N–H and O–H groups in total. The minimum absolute atomic E-state index is 0.0215. The number of carbonyl (C=O) groups is 1. The van der Waals surface area contributed by atoms with Gasteiger partial charge in [0, 0.05) is 49.0 Å². The zero-order valence-corrected chi connectivity index (χ0v) is 42.4. The quantitative estimate of drug-likeness (QED) is 0.0321. The molecule has 9 nitrogen and oxygen atoms in total. The van der Waals surface area contributed by atoms with Crippen LogP contribution in [0.4, 0.5) is 4.39 Å². The van der Waals surface area contributed by atoms with Gasteiger partial charge in [-0.2, -0.15) is 0 Å². The van der Waals surface area contributed by atoms with E-state index in [2.05, 4.69) is 44.0 Å². The van der Waals surface area contributed by atoms with Gasteiger partial charge in [0.1, 0.15) is 34.7 Å². The van der Waals surface area contributed by atoms with Crippen LogP contribution in [0.2, 0.25) is 0 Å². The van der Waals surface area contributed by atoms with Crippen LogP contribution in [0, 0.1) is 23.6 Å². The molecule has 0 spiro atoms. The SMILES string of the molecule is C=CCO[C@@]12Oc3ccc(Oc4ccc(SC)cc4)cc3[C@H]3[C@H](CCCCO)[C@@H](CCCCO)C=C(C(=NOC(C)(C)C)C[C@@H]1N(Cc1ccc(F)cc1)C(=O)CCCCCCCCCCC)[C@H]32. The predicted octanol–water partition coefficient (Wildman–Crippen LogP) is 13.7. The van der Waals surface area contributed by atoms with Gasteiger partial charge in [-0.15, -0.1) is 18.3 Å². The van der Waals surface area contributed by atoms with E-state index in [0.29, 0.717) is 30.8 Å². The summed E-state index contributed by atoms with van der Waals surface area (Å²) in [4.78, 5) is 24.6. The van der Waals surface area contributed by atoms with E-state index >= 15 is 4.79 Å². The largest absolute Gasteiger partial charge is 0.459 e. The van der Waals surface area contributed by atoms with E-state index in [1.807, 2.05) is 49.9 Å². The van der Waals surface area contributed by atoms with Crippen LogP contribution in [0.5, 0.6) is 17.2 Å². The third kappa shape index (κ3) is 14.0. The van der Waals surface area contributed by atoms with Crippen LogP contribution in [0.1, 0.15) is 154 Å². The van der Waals surface area contributed by atoms with Crippen LogP contribution in [0.3, 0.4) is 0 Å². The lowest BCUT2D eigenvalue weighted by molar-refractivity contribution is -0.258. The zero-order chi connectivity index (χ0) is 48.5. The lowest BCUT2D eigenvalue weighted by atomic mass is 9.55. The monoisotopic (exact) mass is 955 g/mol. The molecule has 372 valence electrons. The standard InChI is InChI=1S/C57H79FN2O7S/c1-7-9-10-11-12-13-14-15-16-23-53(63)60(40-41-24-26-43(58)27-25-41)52-39-50(59-67-56(3,4)5)48-37-42(21-17-19-34-61)47(22-18-20-35-62)54-49-38-45(65-44-28-31-46(68-6)32-29-44)30-33-51(49)66-57(52,55(48)54)64-36-8-2/h8,24-33,37-38,42,47,52,54-55,61-62H,2,7,9-23,34-36,39-40H2,1,3-6H3/t42-,47+,52-,54+,55+,57+/m0/s1. The fourth-order valence-electron chi connectivity index (χ4n) is 10.6. The highest BCUT2D eigenvalue weighted by molar-refractivity contribution is 7.98. The second-order valence-corrected chi connectivity index (χ2v) is 20.9. The minimum Gasteiger partial charge on any atom is -0.459 e. The first-order valence-corrected chi connectivity index (χ1v) is 26.8. The molecule has 0 radical (unpaired) electrons. The highest BCUT2D eigenvalue weighted by Gasteiger charge is 2.65. The molecule has 1 heterocycles. The van der Waals surface area contributed by atoms with Gasteiger partial charge in [0.2, 0.25) is 11.7 Å². The Kier molecular flexibility index (Phi) is 20.5. The summed E-state index contributed by atoms with van der Waals surface area (Å²) >= 11 is 1.68. The molecule has 1 aliphatic heterocycles. The normalized spacial score (nSPS) is 22.4. The maximum absolute atomic E-state index is 15.2. The minimum atomic E-state index is -1.41. The van der Waals surface area contributed by atoms with Crippen LogP contribution < -0.4 is 9.47 Å². The first-order chi connectivity index (χ1) is 32.9. The molecule has 2 aliphatic carbocycles. The Hall–Kier alpha value is -4.16. The molecule has 1 saturated carbocycles. The van der Waals surface area contributed by atoms with E-state index in [1.165, 1.54) is 44.2 Å². The molecule has 0 unspecified atom stereocenters. The van der Waals surface area contributed by atoms with Crippen LogP contribution in [-0.4, -0.2) is 70.2 Å². The summed E-state index contributed by atoms with van der Waals surface area (Å²) in [6.07, 6.45) is 21.6. The van der Waals surface area contributed by atoms with Crippen molar-refractivity contribution < 1.29 is 38.4 Å². The third-order valence-electron chi connectivity index (χ3n) is 13.8. The maximum Gasteiger partial charge on any atom is 0.239 e. The number of fused-ring (bicyclic) bond motifs is 2. The number of hydrogen-bond acceptors (Lipinski definition) is 9. The van der Waals surface area contributed by atoms with Crippen LogP contribution in [0.25, 0.3) is 0 Å². The number of aliphatic hydroxyl groups is 2. The van der Waals surface area contributed by atoms with Gasteiger partial charge in [-0.3, -0.25) is 4.79 Å². The Morgan fingerprint density at radius 3 is 2.21 bits per heavy atom. The average Bonchev–Trinajstić information content (AvgIpc) is 3.33. The third-order valence-corrected chi connectivity index (χ3v) is 14.6. The number of amides is 1. The molecule has 3 aromatic carbocycles. The number of benzene rings is 3. The lowest BCUT2D eigenvalue weighted by Gasteiger charge is -2.60. The summed E-state index contributed by atoms with van der Waals surface area (Å²) in [5.41, 5.74) is 2.90. The second kappa shape index (κ2) is 26.2. The van der Waals surface area contributed by atoms with Crippen molar-refractivity contribution in [2.45, 2.75) is 172 Å². The fraction of sp³-hybridized carbons (Fsp3) is 0.579. The summed E-state index contributed by atoms with van der Waals surface area (Å²) in [5, 5.41) is 25.1. The van der Waals surface area contributed by atoms with Crippen LogP contribution in [-0.2, 0) is 20.9 Å². The molecule has 1 amide bonds. The fourth-order valence-corrected chi connectivity index (χ4v) is 11.0. The predicted molar refractivity (Wildman–Crippen MR) is 273 cm³/mol. The zero-order valence-electron chi connectivity index (χ0n) is 41.6. The summed E-state index contributed by atoms with van der Waals surface area (Å²) in [6.45, 7) is 12.9. The van der Waals surface area contributed by atoms with Gasteiger partial charge in [-0.25, -0.2) is 4.39 Å². The van der Waals surface area contributed by atoms with Crippen molar-refractivity contribution in [3.63, 3.8) is 0 Å². The number of oxime groups is 1. The Morgan fingerprint density at radius 1 is 0.897 bits per heavy atom. The van der Waals surface area contributed by atoms with E-state index in [-0.39, 0.29) is 62.3 Å². The van der Waals surface area contributed by atoms with Crippen molar-refractivity contribution >= 4 is 23.4 Å². The van der Waals surface area contributed by atoms with E-state index in [0.717, 1.165) is 84.4 Å². The summed E-state index contributed by atoms with van der Waals surface area (Å²) < 4.78 is 35.8. The number of rotatable bonds is 28. The topological polar surface area (TPSA) is 110 Å². The maximum atomic E-state index is 15.2. The van der Waals surface area contributed by atoms with Crippen molar-refractivity contribution in [2.75, 3.05) is 26.1 Å². The molecule has 3 aromatic rings. The molecular weight excluding hydrogens is 876 g/mol. The van der Waals surface area contributed by atoms with Crippen molar-refractivity contribution in [3.8, 4) is 17.2 Å². The number of hydrogen-bond donors (Lipinski definition) is 2. The molecule has 6 rings (SSSR count). The number of thioether (sulfide) groups is 1. The molecule has 6 atom stereocenters. The second-order valence-electron chi connectivity index (χ2n) is 20.0. The van der Waals surface area contributed by atoms with Gasteiger partial charge in [-0.05, 0) is 137 Å². The number of carbonyl (C=O) groups excluding carboxylic acids is 1.